The number of hydrogen-bond donors (Lipinski definition) is 0. The molecule has 51 heavy (non-hydrogen) atoms. The molecule has 0 bridgehead atoms. The fourth-order valence-corrected chi connectivity index (χ4v) is 6.98. The van der Waals surface area contributed by atoms with Crippen molar-refractivity contribution < 1.29 is 22.7 Å². The van der Waals surface area contributed by atoms with E-state index in [1.54, 1.807) is 12.3 Å². The van der Waals surface area contributed by atoms with Crippen LogP contribution in [0.2, 0.25) is 0 Å². The molecule has 6 rings (SSSR count). The van der Waals surface area contributed by atoms with Gasteiger partial charge in [-0.3, -0.25) is 4.79 Å². The van der Waals surface area contributed by atoms with Gasteiger partial charge in [0.15, 0.2) is 11.3 Å². The van der Waals surface area contributed by atoms with E-state index in [1.165, 1.54) is 4.68 Å². The molecule has 8 heteroatoms. The second-order valence-corrected chi connectivity index (χ2v) is 14.2. The maximum atomic E-state index is 15.3. The van der Waals surface area contributed by atoms with Gasteiger partial charge in [0.1, 0.15) is 11.1 Å². The number of halogens is 3. The van der Waals surface area contributed by atoms with Crippen molar-refractivity contribution in [1.82, 2.24) is 14.8 Å². The maximum absolute atomic E-state index is 15.3. The Morgan fingerprint density at radius 1 is 0.725 bits per heavy atom. The summed E-state index contributed by atoms with van der Waals surface area (Å²) in [5.74, 6) is -0.282. The lowest BCUT2D eigenvalue weighted by Gasteiger charge is -2.36. The summed E-state index contributed by atoms with van der Waals surface area (Å²) < 4.78 is 52.9. The largest absolute Gasteiger partial charge is 0.460 e. The third kappa shape index (κ3) is 6.92. The first-order valence-corrected chi connectivity index (χ1v) is 17.2. The summed E-state index contributed by atoms with van der Waals surface area (Å²) >= 11 is 0. The van der Waals surface area contributed by atoms with Gasteiger partial charge in [0.05, 0.1) is 5.39 Å². The summed E-state index contributed by atoms with van der Waals surface area (Å²) in [6.07, 6.45) is -1.79. The predicted octanol–water partition coefficient (Wildman–Crippen LogP) is 10.7. The number of pyridine rings is 1. The van der Waals surface area contributed by atoms with Crippen molar-refractivity contribution in [3.63, 3.8) is 0 Å². The number of esters is 1. The Kier molecular flexibility index (Phi) is 9.64. The Morgan fingerprint density at radius 3 is 1.75 bits per heavy atom. The van der Waals surface area contributed by atoms with Gasteiger partial charge in [-0.05, 0) is 78.5 Å². The zero-order chi connectivity index (χ0) is 36.4. The molecule has 0 saturated carbocycles. The Morgan fingerprint density at radius 2 is 1.25 bits per heavy atom. The van der Waals surface area contributed by atoms with Crippen LogP contribution in [-0.2, 0) is 26.7 Å². The molecule has 0 aliphatic carbocycles. The summed E-state index contributed by atoms with van der Waals surface area (Å²) in [5.41, 5.74) is 0.860. The molecule has 0 amide bonds. The maximum Gasteiger partial charge on any atom is 0.435 e. The molecule has 0 spiro atoms. The summed E-state index contributed by atoms with van der Waals surface area (Å²) in [4.78, 5) is 17.3. The van der Waals surface area contributed by atoms with Crippen molar-refractivity contribution >= 4 is 17.0 Å². The minimum atomic E-state index is -4.79. The summed E-state index contributed by atoms with van der Waals surface area (Å²) in [5, 5.41) is 4.41. The first-order chi connectivity index (χ1) is 24.3. The van der Waals surface area contributed by atoms with Crippen molar-refractivity contribution in [3.05, 3.63) is 155 Å². The quantitative estimate of drug-likeness (QED) is 0.106. The highest BCUT2D eigenvalue weighted by molar-refractivity contribution is 5.96. The van der Waals surface area contributed by atoms with Crippen molar-refractivity contribution in [1.29, 1.82) is 0 Å². The molecule has 0 aliphatic heterocycles. The molecule has 2 aromatic heterocycles. The van der Waals surface area contributed by atoms with Crippen LogP contribution >= 0.6 is 0 Å². The average molecular weight is 690 g/mol. The molecule has 0 aliphatic rings. The monoisotopic (exact) mass is 689 g/mol. The van der Waals surface area contributed by atoms with Gasteiger partial charge < -0.3 is 4.74 Å². The van der Waals surface area contributed by atoms with Gasteiger partial charge in [-0.15, -0.1) is 0 Å². The van der Waals surface area contributed by atoms with Crippen LogP contribution in [0.25, 0.3) is 22.2 Å². The summed E-state index contributed by atoms with van der Waals surface area (Å²) in [6.45, 7) is 9.64. The summed E-state index contributed by atoms with van der Waals surface area (Å²) in [6, 6.07) is 37.6. The third-order valence-corrected chi connectivity index (χ3v) is 9.68. The number of rotatable bonds is 10. The van der Waals surface area contributed by atoms with Crippen LogP contribution in [-0.4, -0.2) is 26.3 Å². The van der Waals surface area contributed by atoms with E-state index in [9.17, 15) is 4.79 Å². The summed E-state index contributed by atoms with van der Waals surface area (Å²) in [7, 11) is 0. The van der Waals surface area contributed by atoms with Crippen molar-refractivity contribution in [2.75, 3.05) is 0 Å². The SMILES string of the molecule is CCC(C)(CCC(=O)OC(C)(C)C)c1cccc(-c2ccnc3c2c(C(F)(F)F)nn3C(c2ccccc2)(c2ccccc2)c2ccccc2)c1. The van der Waals surface area contributed by atoms with E-state index in [4.69, 9.17) is 4.74 Å². The Bertz CT molecular complexity index is 2020. The lowest BCUT2D eigenvalue weighted by molar-refractivity contribution is -0.155. The second-order valence-electron chi connectivity index (χ2n) is 14.2. The number of aromatic nitrogens is 3. The zero-order valence-corrected chi connectivity index (χ0v) is 29.5. The fraction of sp³-hybridized carbons (Fsp3) is 0.279. The van der Waals surface area contributed by atoms with Gasteiger partial charge in [-0.1, -0.05) is 129 Å². The highest BCUT2D eigenvalue weighted by atomic mass is 19.4. The van der Waals surface area contributed by atoms with Gasteiger partial charge in [-0.2, -0.15) is 18.3 Å². The van der Waals surface area contributed by atoms with Crippen molar-refractivity contribution in [3.8, 4) is 11.1 Å². The Hall–Kier alpha value is -5.24. The molecule has 0 radical (unpaired) electrons. The number of nitrogens with zero attached hydrogens (tertiary/aromatic N) is 3. The third-order valence-electron chi connectivity index (χ3n) is 9.68. The van der Waals surface area contributed by atoms with Crippen LogP contribution in [0.15, 0.2) is 128 Å². The van der Waals surface area contributed by atoms with Crippen LogP contribution < -0.4 is 0 Å². The highest BCUT2D eigenvalue weighted by Crippen LogP contribution is 2.46. The molecule has 0 N–H and O–H groups in total. The van der Waals surface area contributed by atoms with Crippen LogP contribution in [0.5, 0.6) is 0 Å². The van der Waals surface area contributed by atoms with E-state index in [1.807, 2.05) is 136 Å². The van der Waals surface area contributed by atoms with Crippen molar-refractivity contribution in [2.45, 2.75) is 76.6 Å². The molecule has 0 saturated heterocycles. The van der Waals surface area contributed by atoms with E-state index < -0.39 is 28.4 Å². The molecular formula is C43H42F3N3O2. The number of fused-ring (bicyclic) bond motifs is 1. The molecule has 1 unspecified atom stereocenters. The lowest BCUT2D eigenvalue weighted by Crippen LogP contribution is -2.39. The first-order valence-electron chi connectivity index (χ1n) is 17.2. The number of alkyl halides is 3. The number of benzene rings is 4. The molecular weight excluding hydrogens is 647 g/mol. The van der Waals surface area contributed by atoms with Gasteiger partial charge >= 0.3 is 12.1 Å². The second kappa shape index (κ2) is 13.8. The molecule has 1 atom stereocenters. The highest BCUT2D eigenvalue weighted by Gasteiger charge is 2.45. The number of carbonyl (C=O) groups is 1. The first kappa shape index (κ1) is 35.6. The molecule has 6 aromatic rings. The van der Waals surface area contributed by atoms with Crippen LogP contribution in [0, 0.1) is 0 Å². The van der Waals surface area contributed by atoms with Crippen LogP contribution in [0.1, 0.15) is 81.8 Å². The topological polar surface area (TPSA) is 57.0 Å². The van der Waals surface area contributed by atoms with Crippen LogP contribution in [0.3, 0.4) is 0 Å². The number of ether oxygens (including phenoxy) is 1. The van der Waals surface area contributed by atoms with Gasteiger partial charge in [0.25, 0.3) is 0 Å². The van der Waals surface area contributed by atoms with Gasteiger partial charge in [-0.25, -0.2) is 9.67 Å². The number of hydrogen-bond acceptors (Lipinski definition) is 4. The Balaban J connectivity index is 1.60. The van der Waals surface area contributed by atoms with Gasteiger partial charge in [0, 0.05) is 12.6 Å². The standard InChI is InChI=1S/C43H42F3N3O2/c1-6-41(5,27-25-36(50)51-40(2,3)4)34-24-16-17-30(29-34)35-26-28-47-39-37(35)38(43(44,45)46)48-49(39)42(31-18-10-7-11-19-31,32-20-12-8-13-21-32)33-22-14-9-15-23-33/h7-24,26,28-29H,6,25,27H2,1-5H3. The normalized spacial score (nSPS) is 13.6. The van der Waals surface area contributed by atoms with E-state index in [0.717, 1.165) is 22.3 Å². The molecule has 0 fully saturated rings. The van der Waals surface area contributed by atoms with E-state index >= 15 is 13.2 Å². The minimum Gasteiger partial charge on any atom is -0.460 e. The zero-order valence-electron chi connectivity index (χ0n) is 29.5. The fourth-order valence-electron chi connectivity index (χ4n) is 6.98. The molecule has 262 valence electrons. The Labute approximate surface area is 297 Å². The van der Waals surface area contributed by atoms with Gasteiger partial charge in [0.2, 0.25) is 0 Å². The van der Waals surface area contributed by atoms with E-state index in [-0.39, 0.29) is 23.4 Å². The van der Waals surface area contributed by atoms with Crippen LogP contribution in [0.4, 0.5) is 13.2 Å². The van der Waals surface area contributed by atoms with E-state index in [0.29, 0.717) is 24.0 Å². The predicted molar refractivity (Wildman–Crippen MR) is 195 cm³/mol. The van der Waals surface area contributed by atoms with E-state index in [2.05, 4.69) is 23.9 Å². The number of carbonyl (C=O) groups excluding carboxylic acids is 1. The average Bonchev–Trinajstić information content (AvgIpc) is 3.53. The molecule has 4 aromatic carbocycles. The lowest BCUT2D eigenvalue weighted by atomic mass is 9.75. The molecule has 2 heterocycles. The smallest absolute Gasteiger partial charge is 0.435 e. The van der Waals surface area contributed by atoms with Crippen molar-refractivity contribution in [2.24, 2.45) is 0 Å². The minimum absolute atomic E-state index is 0.0822. The molecule has 5 nitrogen and oxygen atoms in total.